The van der Waals surface area contributed by atoms with Crippen LogP contribution in [0.2, 0.25) is 0 Å². The van der Waals surface area contributed by atoms with Crippen molar-refractivity contribution >= 4 is 11.9 Å². The van der Waals surface area contributed by atoms with E-state index in [2.05, 4.69) is 0 Å². The number of carboxylic acid groups (broad SMARTS) is 1. The number of nitrogens with zero attached hydrogens (tertiary/aromatic N) is 3. The van der Waals surface area contributed by atoms with Gasteiger partial charge in [0.05, 0.1) is 11.8 Å². The normalized spacial score (nSPS) is 18.0. The summed E-state index contributed by atoms with van der Waals surface area (Å²) in [5, 5.41) is 11.9. The van der Waals surface area contributed by atoms with Gasteiger partial charge in [0.15, 0.2) is 0 Å². The third kappa shape index (κ3) is 3.96. The molecule has 1 unspecified atom stereocenters. The van der Waals surface area contributed by atoms with Crippen LogP contribution in [0.25, 0.3) is 0 Å². The Balaban J connectivity index is 1.76. The van der Waals surface area contributed by atoms with Crippen molar-refractivity contribution in [3.8, 4) is 0 Å². The van der Waals surface area contributed by atoms with Gasteiger partial charge in [-0.1, -0.05) is 13.8 Å². The fourth-order valence-corrected chi connectivity index (χ4v) is 1.99. The molecular formula is C12H21N3O6. The van der Waals surface area contributed by atoms with Crippen LogP contribution < -0.4 is 9.85 Å². The van der Waals surface area contributed by atoms with Crippen LogP contribution in [0.1, 0.15) is 33.6 Å². The number of carbonyl (C=O) groups excluding carboxylic acids is 1. The van der Waals surface area contributed by atoms with Crippen LogP contribution in [-0.4, -0.2) is 46.4 Å². The number of hydrogen-bond acceptors (Lipinski definition) is 6. The van der Waals surface area contributed by atoms with Crippen molar-refractivity contribution in [3.05, 3.63) is 0 Å². The SMILES string of the molecule is CC(OC(=O)C(C)C)On1on1N1CCC(C(=O)O)CC1. The first-order valence-corrected chi connectivity index (χ1v) is 7.01. The molecule has 2 rings (SSSR count). The monoisotopic (exact) mass is 303 g/mol. The molecule has 1 aliphatic heterocycles. The van der Waals surface area contributed by atoms with Crippen molar-refractivity contribution in [1.29, 1.82) is 0 Å². The lowest BCUT2D eigenvalue weighted by molar-refractivity contribution is -0.184. The fraction of sp³-hybridized carbons (Fsp3) is 0.833. The number of esters is 1. The maximum atomic E-state index is 11.4. The lowest BCUT2D eigenvalue weighted by Crippen LogP contribution is -2.42. The van der Waals surface area contributed by atoms with Gasteiger partial charge < -0.3 is 14.7 Å². The van der Waals surface area contributed by atoms with Gasteiger partial charge in [0, 0.05) is 25.0 Å². The molecular weight excluding hydrogens is 282 g/mol. The summed E-state index contributed by atoms with van der Waals surface area (Å²) in [4.78, 5) is 28.9. The second-order valence-corrected chi connectivity index (χ2v) is 5.40. The van der Waals surface area contributed by atoms with E-state index in [1.165, 1.54) is 4.96 Å². The Morgan fingerprint density at radius 1 is 1.24 bits per heavy atom. The first-order valence-electron chi connectivity index (χ1n) is 7.01. The van der Waals surface area contributed by atoms with Gasteiger partial charge in [-0.25, -0.2) is 0 Å². The number of aliphatic carboxylic acids is 1. The molecule has 0 aliphatic carbocycles. The molecule has 1 atom stereocenters. The zero-order valence-corrected chi connectivity index (χ0v) is 12.4. The third-order valence-electron chi connectivity index (χ3n) is 3.31. The highest BCUT2D eigenvalue weighted by Crippen LogP contribution is 2.17. The number of rotatable bonds is 6. The van der Waals surface area contributed by atoms with E-state index >= 15 is 0 Å². The van der Waals surface area contributed by atoms with Crippen LogP contribution in [0.5, 0.6) is 0 Å². The number of hydrogen-bond donors (Lipinski definition) is 1. The molecule has 1 aliphatic rings. The van der Waals surface area contributed by atoms with Crippen LogP contribution >= 0.6 is 0 Å². The van der Waals surface area contributed by atoms with Gasteiger partial charge in [0.25, 0.3) is 6.29 Å². The molecule has 1 fully saturated rings. The van der Waals surface area contributed by atoms with Gasteiger partial charge in [0.1, 0.15) is 5.02 Å². The average Bonchev–Trinajstić information content (AvgIpc) is 3.17. The van der Waals surface area contributed by atoms with E-state index in [1.807, 2.05) is 5.01 Å². The maximum Gasteiger partial charge on any atom is 0.311 e. The van der Waals surface area contributed by atoms with Crippen LogP contribution in [0, 0.1) is 11.8 Å². The summed E-state index contributed by atoms with van der Waals surface area (Å²) in [6, 6.07) is 0. The molecule has 0 bridgehead atoms. The molecule has 0 saturated carbocycles. The minimum Gasteiger partial charge on any atom is -0.481 e. The molecule has 2 heterocycles. The molecule has 1 N–H and O–H groups in total. The number of piperidine rings is 1. The van der Waals surface area contributed by atoms with Crippen LogP contribution in [0.3, 0.4) is 0 Å². The first-order chi connectivity index (χ1) is 9.88. The third-order valence-corrected chi connectivity index (χ3v) is 3.31. The van der Waals surface area contributed by atoms with E-state index in [0.717, 1.165) is 5.02 Å². The molecule has 1 aromatic heterocycles. The van der Waals surface area contributed by atoms with Gasteiger partial charge in [-0.2, -0.15) is 4.63 Å². The van der Waals surface area contributed by atoms with Crippen molar-refractivity contribution in [3.63, 3.8) is 0 Å². The number of carboxylic acids is 1. The second-order valence-electron chi connectivity index (χ2n) is 5.40. The Hall–Kier alpha value is -2.06. The van der Waals surface area contributed by atoms with Crippen molar-refractivity contribution in [2.45, 2.75) is 39.9 Å². The molecule has 0 spiro atoms. The molecule has 0 radical (unpaired) electrons. The number of ether oxygens (including phenoxy) is 1. The van der Waals surface area contributed by atoms with Crippen LogP contribution in [-0.2, 0) is 14.3 Å². The van der Waals surface area contributed by atoms with Crippen molar-refractivity contribution < 1.29 is 28.9 Å². The molecule has 1 saturated heterocycles. The van der Waals surface area contributed by atoms with Crippen LogP contribution in [0.15, 0.2) is 4.63 Å². The minimum absolute atomic E-state index is 0.225. The highest BCUT2D eigenvalue weighted by molar-refractivity contribution is 5.71. The summed E-state index contributed by atoms with van der Waals surface area (Å²) in [5.41, 5.74) is 0. The highest BCUT2D eigenvalue weighted by atomic mass is 17.0. The number of carbonyl (C=O) groups is 2. The molecule has 1 aromatic rings. The molecule has 0 amide bonds. The Kier molecular flexibility index (Phi) is 4.49. The lowest BCUT2D eigenvalue weighted by atomic mass is 9.98. The first kappa shape index (κ1) is 15.3. The van der Waals surface area contributed by atoms with E-state index in [1.54, 1.807) is 20.8 Å². The summed E-state index contributed by atoms with van der Waals surface area (Å²) >= 11 is 0. The number of aromatic nitrogens is 2. The topological polar surface area (TPSA) is 99.1 Å². The fourth-order valence-electron chi connectivity index (χ4n) is 1.99. The quantitative estimate of drug-likeness (QED) is 0.595. The lowest BCUT2D eigenvalue weighted by Gasteiger charge is -2.26. The molecule has 9 nitrogen and oxygen atoms in total. The predicted molar refractivity (Wildman–Crippen MR) is 70.0 cm³/mol. The largest absolute Gasteiger partial charge is 0.481 e. The minimum atomic E-state index is -0.763. The summed E-state index contributed by atoms with van der Waals surface area (Å²) in [6.07, 6.45) is 0.350. The van der Waals surface area contributed by atoms with Crippen molar-refractivity contribution in [2.75, 3.05) is 18.1 Å². The van der Waals surface area contributed by atoms with Gasteiger partial charge in [-0.15, -0.1) is 0 Å². The van der Waals surface area contributed by atoms with Crippen LogP contribution in [0.4, 0.5) is 0 Å². The predicted octanol–water partition coefficient (Wildman–Crippen LogP) is 0.289. The van der Waals surface area contributed by atoms with Gasteiger partial charge in [-0.05, 0) is 12.8 Å². The smallest absolute Gasteiger partial charge is 0.311 e. The Bertz CT molecular complexity index is 480. The van der Waals surface area contributed by atoms with Gasteiger partial charge in [-0.3, -0.25) is 14.6 Å². The molecule has 120 valence electrons. The zero-order chi connectivity index (χ0) is 15.6. The summed E-state index contributed by atoms with van der Waals surface area (Å²) in [5.74, 6) is -1.64. The van der Waals surface area contributed by atoms with E-state index in [-0.39, 0.29) is 17.8 Å². The molecule has 9 heteroatoms. The molecule has 21 heavy (non-hydrogen) atoms. The maximum absolute atomic E-state index is 11.4. The van der Waals surface area contributed by atoms with E-state index < -0.39 is 12.3 Å². The van der Waals surface area contributed by atoms with E-state index in [0.29, 0.717) is 25.9 Å². The average molecular weight is 303 g/mol. The van der Waals surface area contributed by atoms with E-state index in [9.17, 15) is 9.59 Å². The molecule has 0 aromatic carbocycles. The zero-order valence-electron chi connectivity index (χ0n) is 12.4. The highest BCUT2D eigenvalue weighted by Gasteiger charge is 2.30. The Morgan fingerprint density at radius 2 is 1.86 bits per heavy atom. The van der Waals surface area contributed by atoms with Crippen molar-refractivity contribution in [2.24, 2.45) is 11.8 Å². The van der Waals surface area contributed by atoms with Gasteiger partial charge in [0.2, 0.25) is 0 Å². The standard InChI is InChI=1S/C12H21N3O6/c1-8(2)12(18)19-9(3)20-15-14(21-15)13-6-4-10(5-7-13)11(16)17/h8-10H,4-7H2,1-3H3,(H,16,17). The second kappa shape index (κ2) is 6.15. The Labute approximate surface area is 121 Å². The summed E-state index contributed by atoms with van der Waals surface area (Å²) < 4.78 is 10.1. The summed E-state index contributed by atoms with van der Waals surface area (Å²) in [7, 11) is 0. The van der Waals surface area contributed by atoms with E-state index in [4.69, 9.17) is 19.3 Å². The van der Waals surface area contributed by atoms with Gasteiger partial charge >= 0.3 is 11.9 Å². The Morgan fingerprint density at radius 3 is 2.38 bits per heavy atom. The van der Waals surface area contributed by atoms with Crippen molar-refractivity contribution in [1.82, 2.24) is 9.98 Å². The summed E-state index contributed by atoms with van der Waals surface area (Å²) in [6.45, 7) is 6.20.